The summed E-state index contributed by atoms with van der Waals surface area (Å²) >= 11 is 0. The van der Waals surface area contributed by atoms with Gasteiger partial charge in [0.25, 0.3) is 0 Å². The average Bonchev–Trinajstić information content (AvgIpc) is 2.14. The Labute approximate surface area is 83.0 Å². The quantitative estimate of drug-likeness (QED) is 0.519. The van der Waals surface area contributed by atoms with Crippen LogP contribution in [-0.4, -0.2) is 0 Å². The lowest BCUT2D eigenvalue weighted by molar-refractivity contribution is 0.798. The largest absolute Gasteiger partial charge is 0.0874 e. The first kappa shape index (κ1) is 12.2. The minimum Gasteiger partial charge on any atom is -0.0874 e. The molecule has 0 saturated heterocycles. The molecule has 74 valence electrons. The van der Waals surface area contributed by atoms with E-state index in [-0.39, 0.29) is 0 Å². The van der Waals surface area contributed by atoms with Gasteiger partial charge in [0.2, 0.25) is 0 Å². The second kappa shape index (κ2) is 9.31. The number of unbranched alkanes of at least 4 members (excludes halogenated alkanes) is 1. The van der Waals surface area contributed by atoms with Crippen molar-refractivity contribution in [3.63, 3.8) is 0 Å². The van der Waals surface area contributed by atoms with Crippen LogP contribution in [0.2, 0.25) is 0 Å². The predicted molar refractivity (Wildman–Crippen MR) is 61.9 cm³/mol. The van der Waals surface area contributed by atoms with E-state index < -0.39 is 0 Å². The molecule has 13 heavy (non-hydrogen) atoms. The molecule has 0 aromatic carbocycles. The third-order valence-corrected chi connectivity index (χ3v) is 1.88. The Balaban J connectivity index is 4.06. The van der Waals surface area contributed by atoms with Crippen molar-refractivity contribution in [1.29, 1.82) is 0 Å². The molecule has 0 heteroatoms. The minimum absolute atomic E-state index is 1.12. The van der Waals surface area contributed by atoms with Crippen LogP contribution in [0.3, 0.4) is 0 Å². The van der Waals surface area contributed by atoms with Crippen molar-refractivity contribution in [2.75, 3.05) is 0 Å². The summed E-state index contributed by atoms with van der Waals surface area (Å²) in [6.45, 7) is 6.46. The molecule has 0 atom stereocenters. The molecule has 0 fully saturated rings. The van der Waals surface area contributed by atoms with Gasteiger partial charge in [-0.2, -0.15) is 0 Å². The van der Waals surface area contributed by atoms with E-state index in [1.165, 1.54) is 24.8 Å². The standard InChI is InChI=1S/C13H22/c1-4-7-9-12-13(10-6-3)11-8-5-2/h6-7,9-10,12H,4-5,8,11H2,1-3H3/b9-7+,10-6-,13-12+. The van der Waals surface area contributed by atoms with Gasteiger partial charge in [0.1, 0.15) is 0 Å². The summed E-state index contributed by atoms with van der Waals surface area (Å²) < 4.78 is 0. The normalized spacial score (nSPS) is 13.3. The van der Waals surface area contributed by atoms with Crippen molar-refractivity contribution in [1.82, 2.24) is 0 Å². The molecule has 0 rings (SSSR count). The molecule has 0 unspecified atom stereocenters. The summed E-state index contributed by atoms with van der Waals surface area (Å²) in [6.07, 6.45) is 15.8. The summed E-state index contributed by atoms with van der Waals surface area (Å²) in [6, 6.07) is 0. The molecule has 0 heterocycles. The highest BCUT2D eigenvalue weighted by Gasteiger charge is 1.89. The summed E-state index contributed by atoms with van der Waals surface area (Å²) in [7, 11) is 0. The van der Waals surface area contributed by atoms with Gasteiger partial charge in [-0.25, -0.2) is 0 Å². The maximum absolute atomic E-state index is 2.23. The molecule has 0 amide bonds. The van der Waals surface area contributed by atoms with Crippen molar-refractivity contribution in [2.45, 2.75) is 46.5 Å². The van der Waals surface area contributed by atoms with Crippen LogP contribution in [0.15, 0.2) is 36.0 Å². The Morgan fingerprint density at radius 2 is 2.00 bits per heavy atom. The van der Waals surface area contributed by atoms with E-state index in [2.05, 4.69) is 51.2 Å². The Kier molecular flexibility index (Phi) is 8.75. The van der Waals surface area contributed by atoms with E-state index in [1.807, 2.05) is 0 Å². The zero-order valence-electron chi connectivity index (χ0n) is 9.22. The van der Waals surface area contributed by atoms with Crippen LogP contribution in [-0.2, 0) is 0 Å². The van der Waals surface area contributed by atoms with Crippen LogP contribution in [0.4, 0.5) is 0 Å². The average molecular weight is 178 g/mol. The third kappa shape index (κ3) is 7.58. The maximum Gasteiger partial charge on any atom is -0.0279 e. The second-order valence-electron chi connectivity index (χ2n) is 3.18. The van der Waals surface area contributed by atoms with E-state index in [0.717, 1.165) is 6.42 Å². The molecule has 0 saturated carbocycles. The fourth-order valence-electron chi connectivity index (χ4n) is 1.14. The van der Waals surface area contributed by atoms with E-state index >= 15 is 0 Å². The van der Waals surface area contributed by atoms with E-state index in [9.17, 15) is 0 Å². The molecule has 0 bridgehead atoms. The Bertz CT molecular complexity index is 182. The molecule has 0 aliphatic heterocycles. The van der Waals surface area contributed by atoms with Gasteiger partial charge in [0.15, 0.2) is 0 Å². The molecule has 0 aliphatic carbocycles. The first-order chi connectivity index (χ1) is 6.35. The van der Waals surface area contributed by atoms with Gasteiger partial charge in [-0.15, -0.1) is 0 Å². The summed E-state index contributed by atoms with van der Waals surface area (Å²) in [4.78, 5) is 0. The third-order valence-electron chi connectivity index (χ3n) is 1.88. The monoisotopic (exact) mass is 178 g/mol. The van der Waals surface area contributed by atoms with E-state index in [1.54, 1.807) is 0 Å². The van der Waals surface area contributed by atoms with Crippen molar-refractivity contribution in [3.8, 4) is 0 Å². The highest BCUT2D eigenvalue weighted by atomic mass is 13.9. The Morgan fingerprint density at radius 3 is 2.54 bits per heavy atom. The molecule has 0 nitrogen and oxygen atoms in total. The number of rotatable bonds is 6. The number of allylic oxidation sites excluding steroid dienone is 6. The molecular weight excluding hydrogens is 156 g/mol. The van der Waals surface area contributed by atoms with E-state index in [0.29, 0.717) is 0 Å². The van der Waals surface area contributed by atoms with Crippen LogP contribution >= 0.6 is 0 Å². The lowest BCUT2D eigenvalue weighted by atomic mass is 10.1. The number of hydrogen-bond acceptors (Lipinski definition) is 0. The molecule has 0 spiro atoms. The summed E-state index contributed by atoms with van der Waals surface area (Å²) in [5.74, 6) is 0. The van der Waals surface area contributed by atoms with Gasteiger partial charge in [-0.3, -0.25) is 0 Å². The zero-order chi connectivity index (χ0) is 9.94. The fraction of sp³-hybridized carbons (Fsp3) is 0.538. The lowest BCUT2D eigenvalue weighted by Gasteiger charge is -1.98. The minimum atomic E-state index is 1.12. The SMILES string of the molecule is C\C=C/C(=C\C=C\CC)CCCC. The van der Waals surface area contributed by atoms with Gasteiger partial charge in [-0.1, -0.05) is 50.6 Å². The van der Waals surface area contributed by atoms with Crippen molar-refractivity contribution in [3.05, 3.63) is 36.0 Å². The zero-order valence-corrected chi connectivity index (χ0v) is 9.22. The van der Waals surface area contributed by atoms with Gasteiger partial charge >= 0.3 is 0 Å². The van der Waals surface area contributed by atoms with Crippen LogP contribution in [0.5, 0.6) is 0 Å². The predicted octanol–water partition coefficient (Wildman–Crippen LogP) is 4.65. The molecule has 0 N–H and O–H groups in total. The highest BCUT2D eigenvalue weighted by molar-refractivity contribution is 5.23. The second-order valence-corrected chi connectivity index (χ2v) is 3.18. The Morgan fingerprint density at radius 1 is 1.23 bits per heavy atom. The van der Waals surface area contributed by atoms with Crippen molar-refractivity contribution < 1.29 is 0 Å². The highest BCUT2D eigenvalue weighted by Crippen LogP contribution is 2.09. The van der Waals surface area contributed by atoms with Gasteiger partial charge < -0.3 is 0 Å². The molecule has 0 aromatic rings. The molecule has 0 aliphatic rings. The van der Waals surface area contributed by atoms with Crippen LogP contribution < -0.4 is 0 Å². The van der Waals surface area contributed by atoms with Gasteiger partial charge in [0.05, 0.1) is 0 Å². The summed E-state index contributed by atoms with van der Waals surface area (Å²) in [5, 5.41) is 0. The van der Waals surface area contributed by atoms with Crippen LogP contribution in [0.1, 0.15) is 46.5 Å². The van der Waals surface area contributed by atoms with E-state index in [4.69, 9.17) is 0 Å². The van der Waals surface area contributed by atoms with Gasteiger partial charge in [0, 0.05) is 0 Å². The maximum atomic E-state index is 2.23. The molecule has 0 radical (unpaired) electrons. The van der Waals surface area contributed by atoms with Crippen molar-refractivity contribution >= 4 is 0 Å². The molecule has 0 aromatic heterocycles. The first-order valence-corrected chi connectivity index (χ1v) is 5.33. The van der Waals surface area contributed by atoms with Gasteiger partial charge in [-0.05, 0) is 31.8 Å². The van der Waals surface area contributed by atoms with Crippen LogP contribution in [0.25, 0.3) is 0 Å². The fourth-order valence-corrected chi connectivity index (χ4v) is 1.14. The molecular formula is C13H22. The van der Waals surface area contributed by atoms with Crippen molar-refractivity contribution in [2.24, 2.45) is 0 Å². The topological polar surface area (TPSA) is 0 Å². The number of hydrogen-bond donors (Lipinski definition) is 0. The first-order valence-electron chi connectivity index (χ1n) is 5.33. The smallest absolute Gasteiger partial charge is 0.0279 e. The summed E-state index contributed by atoms with van der Waals surface area (Å²) in [5.41, 5.74) is 1.44. The van der Waals surface area contributed by atoms with Crippen LogP contribution in [0, 0.1) is 0 Å². The lowest BCUT2D eigenvalue weighted by Crippen LogP contribution is -1.78. The Hall–Kier alpha value is -0.780.